The molecule has 1 amide bonds. The molecule has 1 aliphatic heterocycles. The quantitative estimate of drug-likeness (QED) is 0.863. The van der Waals surface area contributed by atoms with Crippen molar-refractivity contribution in [2.45, 2.75) is 19.4 Å². The van der Waals surface area contributed by atoms with Crippen LogP contribution in [0.3, 0.4) is 0 Å². The SMILES string of the molecule is O=C(c1csc(COc2ccc(Cl)cc2)n1)N1CCCC1. The Bertz CT molecular complexity index is 621. The number of hydrogen-bond donors (Lipinski definition) is 0. The van der Waals surface area contributed by atoms with Crippen molar-refractivity contribution in [2.75, 3.05) is 13.1 Å². The second kappa shape index (κ2) is 6.45. The number of halogens is 1. The van der Waals surface area contributed by atoms with Gasteiger partial charge in [-0.2, -0.15) is 0 Å². The van der Waals surface area contributed by atoms with Crippen LogP contribution < -0.4 is 4.74 Å². The van der Waals surface area contributed by atoms with Gasteiger partial charge in [0.25, 0.3) is 5.91 Å². The van der Waals surface area contributed by atoms with Gasteiger partial charge in [-0.25, -0.2) is 4.98 Å². The van der Waals surface area contributed by atoms with Gasteiger partial charge >= 0.3 is 0 Å². The van der Waals surface area contributed by atoms with Crippen LogP contribution in [-0.2, 0) is 6.61 Å². The summed E-state index contributed by atoms with van der Waals surface area (Å²) in [6.07, 6.45) is 2.17. The summed E-state index contributed by atoms with van der Waals surface area (Å²) in [6, 6.07) is 7.18. The molecule has 2 aromatic rings. The number of amides is 1. The molecule has 0 saturated carbocycles. The Labute approximate surface area is 132 Å². The highest BCUT2D eigenvalue weighted by Gasteiger charge is 2.21. The average Bonchev–Trinajstić information content (AvgIpc) is 3.18. The van der Waals surface area contributed by atoms with Crippen molar-refractivity contribution in [3.05, 3.63) is 45.4 Å². The van der Waals surface area contributed by atoms with E-state index in [2.05, 4.69) is 4.98 Å². The summed E-state index contributed by atoms with van der Waals surface area (Å²) in [5, 5.41) is 3.28. The van der Waals surface area contributed by atoms with E-state index in [0.717, 1.165) is 36.7 Å². The smallest absolute Gasteiger partial charge is 0.273 e. The first-order valence-corrected chi connectivity index (χ1v) is 8.10. The second-order valence-corrected chi connectivity index (χ2v) is 6.25. The van der Waals surface area contributed by atoms with E-state index in [4.69, 9.17) is 16.3 Å². The molecular weight excluding hydrogens is 308 g/mol. The summed E-state index contributed by atoms with van der Waals surface area (Å²) in [5.41, 5.74) is 0.525. The maximum atomic E-state index is 12.2. The Morgan fingerprint density at radius 3 is 2.71 bits per heavy atom. The zero-order chi connectivity index (χ0) is 14.7. The molecule has 1 aromatic carbocycles. The van der Waals surface area contributed by atoms with E-state index in [-0.39, 0.29) is 5.91 Å². The molecule has 0 unspecified atom stereocenters. The number of aromatic nitrogens is 1. The summed E-state index contributed by atoms with van der Waals surface area (Å²) in [6.45, 7) is 2.04. The molecule has 0 radical (unpaired) electrons. The van der Waals surface area contributed by atoms with Crippen molar-refractivity contribution in [1.82, 2.24) is 9.88 Å². The van der Waals surface area contributed by atoms with Crippen molar-refractivity contribution in [3.8, 4) is 5.75 Å². The van der Waals surface area contributed by atoms with Crippen LogP contribution in [0.2, 0.25) is 5.02 Å². The van der Waals surface area contributed by atoms with E-state index in [1.54, 1.807) is 17.5 Å². The number of benzene rings is 1. The molecule has 1 aromatic heterocycles. The molecule has 0 bridgehead atoms. The highest BCUT2D eigenvalue weighted by Crippen LogP contribution is 2.19. The molecule has 1 saturated heterocycles. The molecule has 2 heterocycles. The fourth-order valence-corrected chi connectivity index (χ4v) is 3.04. The monoisotopic (exact) mass is 322 g/mol. The highest BCUT2D eigenvalue weighted by molar-refractivity contribution is 7.09. The highest BCUT2D eigenvalue weighted by atomic mass is 35.5. The second-order valence-electron chi connectivity index (χ2n) is 4.87. The molecule has 0 spiro atoms. The number of carbonyl (C=O) groups is 1. The van der Waals surface area contributed by atoms with Gasteiger partial charge in [-0.1, -0.05) is 11.6 Å². The normalized spacial score (nSPS) is 14.4. The van der Waals surface area contributed by atoms with Crippen molar-refractivity contribution in [2.24, 2.45) is 0 Å². The lowest BCUT2D eigenvalue weighted by molar-refractivity contribution is 0.0787. The Morgan fingerprint density at radius 2 is 2.00 bits per heavy atom. The van der Waals surface area contributed by atoms with Gasteiger partial charge in [0.05, 0.1) is 0 Å². The molecule has 0 aliphatic carbocycles. The minimum absolute atomic E-state index is 0.0292. The van der Waals surface area contributed by atoms with Gasteiger partial charge in [-0.3, -0.25) is 4.79 Å². The van der Waals surface area contributed by atoms with Crippen LogP contribution >= 0.6 is 22.9 Å². The van der Waals surface area contributed by atoms with Gasteiger partial charge in [-0.15, -0.1) is 11.3 Å². The molecule has 4 nitrogen and oxygen atoms in total. The Hall–Kier alpha value is -1.59. The predicted molar refractivity (Wildman–Crippen MR) is 83.0 cm³/mol. The van der Waals surface area contributed by atoms with Crippen LogP contribution in [-0.4, -0.2) is 28.9 Å². The standard InChI is InChI=1S/C15H15ClN2O2S/c16-11-3-5-12(6-4-11)20-9-14-17-13(10-21-14)15(19)18-7-1-2-8-18/h3-6,10H,1-2,7-9H2. The summed E-state index contributed by atoms with van der Waals surface area (Å²) >= 11 is 7.27. The predicted octanol–water partition coefficient (Wildman–Crippen LogP) is 3.61. The van der Waals surface area contributed by atoms with Gasteiger partial charge in [0.15, 0.2) is 0 Å². The zero-order valence-corrected chi connectivity index (χ0v) is 13.0. The summed E-state index contributed by atoms with van der Waals surface area (Å²) in [4.78, 5) is 18.4. The van der Waals surface area contributed by atoms with E-state index in [0.29, 0.717) is 17.3 Å². The lowest BCUT2D eigenvalue weighted by Gasteiger charge is -2.12. The molecule has 0 atom stereocenters. The number of thiazole rings is 1. The van der Waals surface area contributed by atoms with E-state index >= 15 is 0 Å². The molecule has 3 rings (SSSR count). The van der Waals surface area contributed by atoms with E-state index in [9.17, 15) is 4.79 Å². The minimum atomic E-state index is 0.0292. The zero-order valence-electron chi connectivity index (χ0n) is 11.4. The largest absolute Gasteiger partial charge is 0.486 e. The first-order valence-electron chi connectivity index (χ1n) is 6.84. The molecule has 6 heteroatoms. The Kier molecular flexibility index (Phi) is 4.41. The van der Waals surface area contributed by atoms with Crippen LogP contribution in [0.5, 0.6) is 5.75 Å². The lowest BCUT2D eigenvalue weighted by atomic mass is 10.3. The Balaban J connectivity index is 1.59. The van der Waals surface area contributed by atoms with Gasteiger partial charge < -0.3 is 9.64 Å². The van der Waals surface area contributed by atoms with Crippen LogP contribution in [0.25, 0.3) is 0 Å². The number of hydrogen-bond acceptors (Lipinski definition) is 4. The van der Waals surface area contributed by atoms with Crippen molar-refractivity contribution >= 4 is 28.8 Å². The lowest BCUT2D eigenvalue weighted by Crippen LogP contribution is -2.27. The molecule has 0 N–H and O–H groups in total. The summed E-state index contributed by atoms with van der Waals surface area (Å²) in [7, 11) is 0. The van der Waals surface area contributed by atoms with Gasteiger partial charge in [0, 0.05) is 23.5 Å². The van der Waals surface area contributed by atoms with Crippen LogP contribution in [0, 0.1) is 0 Å². The first kappa shape index (κ1) is 14.4. The van der Waals surface area contributed by atoms with Crippen LogP contribution in [0.1, 0.15) is 28.3 Å². The third-order valence-corrected chi connectivity index (χ3v) is 4.41. The fourth-order valence-electron chi connectivity index (χ4n) is 2.23. The third-order valence-electron chi connectivity index (χ3n) is 3.34. The maximum Gasteiger partial charge on any atom is 0.273 e. The molecule has 1 fully saturated rings. The summed E-state index contributed by atoms with van der Waals surface area (Å²) < 4.78 is 5.63. The fraction of sp³-hybridized carbons (Fsp3) is 0.333. The maximum absolute atomic E-state index is 12.2. The van der Waals surface area contributed by atoms with Crippen molar-refractivity contribution < 1.29 is 9.53 Å². The topological polar surface area (TPSA) is 42.4 Å². The van der Waals surface area contributed by atoms with Crippen LogP contribution in [0.4, 0.5) is 0 Å². The Morgan fingerprint density at radius 1 is 1.29 bits per heavy atom. The van der Waals surface area contributed by atoms with E-state index in [1.165, 1.54) is 11.3 Å². The third kappa shape index (κ3) is 3.54. The number of rotatable bonds is 4. The average molecular weight is 323 g/mol. The van der Waals surface area contributed by atoms with E-state index < -0.39 is 0 Å². The molecule has 21 heavy (non-hydrogen) atoms. The van der Waals surface area contributed by atoms with Crippen molar-refractivity contribution in [3.63, 3.8) is 0 Å². The number of ether oxygens (including phenoxy) is 1. The van der Waals surface area contributed by atoms with Gasteiger partial charge in [0.2, 0.25) is 0 Å². The molecular formula is C15H15ClN2O2S. The number of likely N-dealkylation sites (tertiary alicyclic amines) is 1. The van der Waals surface area contributed by atoms with Gasteiger partial charge in [0.1, 0.15) is 23.1 Å². The minimum Gasteiger partial charge on any atom is -0.486 e. The van der Waals surface area contributed by atoms with Crippen molar-refractivity contribution in [1.29, 1.82) is 0 Å². The molecule has 1 aliphatic rings. The van der Waals surface area contributed by atoms with Crippen LogP contribution in [0.15, 0.2) is 29.6 Å². The first-order chi connectivity index (χ1) is 10.2. The summed E-state index contributed by atoms with van der Waals surface area (Å²) in [5.74, 6) is 0.767. The number of nitrogens with zero attached hydrogens (tertiary/aromatic N) is 2. The van der Waals surface area contributed by atoms with E-state index in [1.807, 2.05) is 17.0 Å². The molecule has 110 valence electrons. The van der Waals surface area contributed by atoms with Gasteiger partial charge in [-0.05, 0) is 37.1 Å². The number of carbonyl (C=O) groups excluding carboxylic acids is 1.